The van der Waals surface area contributed by atoms with Crippen LogP contribution in [0.1, 0.15) is 11.1 Å². The van der Waals surface area contributed by atoms with E-state index in [1.165, 1.54) is 5.56 Å². The van der Waals surface area contributed by atoms with E-state index in [0.29, 0.717) is 5.56 Å². The molecule has 1 aromatic heterocycles. The van der Waals surface area contributed by atoms with E-state index in [9.17, 15) is 0 Å². The Kier molecular flexibility index (Phi) is 2.70. The normalized spacial score (nSPS) is 10.3. The number of nitrogens with zero attached hydrogens (tertiary/aromatic N) is 3. The second-order valence-corrected chi connectivity index (χ2v) is 4.44. The Bertz CT molecular complexity index is 783. The summed E-state index contributed by atoms with van der Waals surface area (Å²) in [6.07, 6.45) is 1.77. The minimum atomic E-state index is 0.646. The second kappa shape index (κ2) is 4.51. The molecule has 1 heterocycles. The molecule has 3 heteroatoms. The quantitative estimate of drug-likeness (QED) is 0.659. The van der Waals surface area contributed by atoms with Crippen LogP contribution in [0.15, 0.2) is 48.7 Å². The number of fused-ring (bicyclic) bond motifs is 1. The summed E-state index contributed by atoms with van der Waals surface area (Å²) in [6, 6.07) is 15.5. The van der Waals surface area contributed by atoms with Crippen LogP contribution in [0.5, 0.6) is 0 Å². The lowest BCUT2D eigenvalue weighted by Crippen LogP contribution is -1.89. The zero-order chi connectivity index (χ0) is 13.2. The van der Waals surface area contributed by atoms with Crippen LogP contribution in [-0.2, 0) is 0 Å². The van der Waals surface area contributed by atoms with E-state index < -0.39 is 0 Å². The summed E-state index contributed by atoms with van der Waals surface area (Å²) in [5.74, 6) is 0. The van der Waals surface area contributed by atoms with Crippen LogP contribution < -0.4 is 0 Å². The highest BCUT2D eigenvalue weighted by Gasteiger charge is 2.03. The van der Waals surface area contributed by atoms with E-state index in [2.05, 4.69) is 16.0 Å². The van der Waals surface area contributed by atoms with Crippen LogP contribution in [0.4, 0.5) is 0 Å². The molecular formula is C16H11N3. The highest BCUT2D eigenvalue weighted by Crippen LogP contribution is 2.20. The molecule has 0 N–H and O–H groups in total. The Morgan fingerprint density at radius 3 is 2.53 bits per heavy atom. The fourth-order valence-corrected chi connectivity index (χ4v) is 1.98. The van der Waals surface area contributed by atoms with Crippen LogP contribution in [0.25, 0.3) is 22.3 Å². The maximum absolute atomic E-state index is 8.79. The van der Waals surface area contributed by atoms with Gasteiger partial charge in [0.25, 0.3) is 0 Å². The summed E-state index contributed by atoms with van der Waals surface area (Å²) in [7, 11) is 0. The monoisotopic (exact) mass is 245 g/mol. The van der Waals surface area contributed by atoms with E-state index in [4.69, 9.17) is 5.26 Å². The number of hydrogen-bond acceptors (Lipinski definition) is 3. The van der Waals surface area contributed by atoms with Crippen molar-refractivity contribution in [3.63, 3.8) is 0 Å². The molecule has 3 rings (SSSR count). The minimum Gasteiger partial charge on any atom is -0.252 e. The Morgan fingerprint density at radius 1 is 1.00 bits per heavy atom. The predicted molar refractivity (Wildman–Crippen MR) is 74.4 cm³/mol. The van der Waals surface area contributed by atoms with Gasteiger partial charge in [0.05, 0.1) is 34.6 Å². The van der Waals surface area contributed by atoms with E-state index >= 15 is 0 Å². The van der Waals surface area contributed by atoms with Crippen LogP contribution in [0.2, 0.25) is 0 Å². The zero-order valence-corrected chi connectivity index (χ0v) is 10.5. The van der Waals surface area contributed by atoms with Gasteiger partial charge < -0.3 is 0 Å². The van der Waals surface area contributed by atoms with E-state index in [1.54, 1.807) is 18.3 Å². The van der Waals surface area contributed by atoms with Crippen molar-refractivity contribution in [2.75, 3.05) is 0 Å². The lowest BCUT2D eigenvalue weighted by molar-refractivity contribution is 1.28. The van der Waals surface area contributed by atoms with Crippen LogP contribution in [0.3, 0.4) is 0 Å². The number of nitriles is 1. The summed E-state index contributed by atoms with van der Waals surface area (Å²) in [5.41, 5.74) is 5.39. The summed E-state index contributed by atoms with van der Waals surface area (Å²) < 4.78 is 0. The van der Waals surface area contributed by atoms with Gasteiger partial charge in [-0.15, -0.1) is 0 Å². The predicted octanol–water partition coefficient (Wildman–Crippen LogP) is 3.48. The number of aromatic nitrogens is 2. The van der Waals surface area contributed by atoms with Crippen LogP contribution in [0, 0.1) is 18.3 Å². The van der Waals surface area contributed by atoms with Crippen molar-refractivity contribution in [3.05, 3.63) is 59.8 Å². The first-order chi connectivity index (χ1) is 9.26. The fraction of sp³-hybridized carbons (Fsp3) is 0.0625. The standard InChI is InChI=1S/C16H11N3/c1-11-2-7-14-15(8-11)18-10-16(19-14)13-5-3-12(9-17)4-6-13/h2-8,10H,1H3. The molecule has 90 valence electrons. The highest BCUT2D eigenvalue weighted by molar-refractivity contribution is 5.77. The number of aryl methyl sites for hydroxylation is 1. The molecule has 0 aliphatic carbocycles. The van der Waals surface area contributed by atoms with Gasteiger partial charge in [0, 0.05) is 5.56 Å². The Balaban J connectivity index is 2.09. The molecule has 3 nitrogen and oxygen atoms in total. The number of hydrogen-bond donors (Lipinski definition) is 0. The molecule has 2 aromatic carbocycles. The smallest absolute Gasteiger partial charge is 0.0991 e. The number of rotatable bonds is 1. The molecule has 0 amide bonds. The van der Waals surface area contributed by atoms with Gasteiger partial charge in [0.2, 0.25) is 0 Å². The third-order valence-corrected chi connectivity index (χ3v) is 3.01. The van der Waals surface area contributed by atoms with Gasteiger partial charge in [-0.25, -0.2) is 4.98 Å². The molecule has 0 spiro atoms. The molecule has 0 saturated heterocycles. The molecule has 0 saturated carbocycles. The lowest BCUT2D eigenvalue weighted by Gasteiger charge is -2.03. The van der Waals surface area contributed by atoms with Crippen molar-refractivity contribution in [2.24, 2.45) is 0 Å². The topological polar surface area (TPSA) is 49.6 Å². The van der Waals surface area contributed by atoms with Gasteiger partial charge in [-0.1, -0.05) is 18.2 Å². The summed E-state index contributed by atoms with van der Waals surface area (Å²) in [5, 5.41) is 8.79. The summed E-state index contributed by atoms with van der Waals surface area (Å²) in [4.78, 5) is 9.03. The van der Waals surface area contributed by atoms with Crippen molar-refractivity contribution in [1.82, 2.24) is 9.97 Å². The SMILES string of the molecule is Cc1ccc2nc(-c3ccc(C#N)cc3)cnc2c1. The van der Waals surface area contributed by atoms with Gasteiger partial charge in [-0.3, -0.25) is 4.98 Å². The molecule has 0 aliphatic heterocycles. The second-order valence-electron chi connectivity index (χ2n) is 4.44. The van der Waals surface area contributed by atoms with Crippen molar-refractivity contribution in [2.45, 2.75) is 6.92 Å². The van der Waals surface area contributed by atoms with Gasteiger partial charge in [0.1, 0.15) is 0 Å². The van der Waals surface area contributed by atoms with Crippen molar-refractivity contribution in [3.8, 4) is 17.3 Å². The zero-order valence-electron chi connectivity index (χ0n) is 10.5. The molecule has 19 heavy (non-hydrogen) atoms. The summed E-state index contributed by atoms with van der Waals surface area (Å²) >= 11 is 0. The van der Waals surface area contributed by atoms with Gasteiger partial charge in [-0.2, -0.15) is 5.26 Å². The lowest BCUT2D eigenvalue weighted by atomic mass is 10.1. The number of benzene rings is 2. The highest BCUT2D eigenvalue weighted by atomic mass is 14.8. The molecule has 3 aromatic rings. The molecule has 0 aliphatic rings. The third kappa shape index (κ3) is 2.16. The minimum absolute atomic E-state index is 0.646. The Morgan fingerprint density at radius 2 is 1.79 bits per heavy atom. The van der Waals surface area contributed by atoms with Crippen LogP contribution in [-0.4, -0.2) is 9.97 Å². The largest absolute Gasteiger partial charge is 0.252 e. The molecule has 0 atom stereocenters. The van der Waals surface area contributed by atoms with E-state index in [-0.39, 0.29) is 0 Å². The van der Waals surface area contributed by atoms with Crippen LogP contribution >= 0.6 is 0 Å². The maximum atomic E-state index is 8.79. The van der Waals surface area contributed by atoms with Gasteiger partial charge >= 0.3 is 0 Å². The average molecular weight is 245 g/mol. The molecule has 0 fully saturated rings. The molecule has 0 bridgehead atoms. The summed E-state index contributed by atoms with van der Waals surface area (Å²) in [6.45, 7) is 2.04. The first kappa shape index (κ1) is 11.4. The first-order valence-corrected chi connectivity index (χ1v) is 6.00. The van der Waals surface area contributed by atoms with E-state index in [1.807, 2.05) is 37.3 Å². The van der Waals surface area contributed by atoms with Crippen molar-refractivity contribution in [1.29, 1.82) is 5.26 Å². The fourth-order valence-electron chi connectivity index (χ4n) is 1.98. The molecule has 0 unspecified atom stereocenters. The maximum Gasteiger partial charge on any atom is 0.0991 e. The molecular weight excluding hydrogens is 234 g/mol. The van der Waals surface area contributed by atoms with Crippen molar-refractivity contribution < 1.29 is 0 Å². The van der Waals surface area contributed by atoms with Crippen molar-refractivity contribution >= 4 is 11.0 Å². The first-order valence-electron chi connectivity index (χ1n) is 6.00. The average Bonchev–Trinajstić information content (AvgIpc) is 2.47. The Labute approximate surface area is 111 Å². The molecule has 0 radical (unpaired) electrons. The van der Waals surface area contributed by atoms with Gasteiger partial charge in [-0.05, 0) is 36.8 Å². The van der Waals surface area contributed by atoms with Gasteiger partial charge in [0.15, 0.2) is 0 Å². The Hall–Kier alpha value is -2.73. The van der Waals surface area contributed by atoms with E-state index in [0.717, 1.165) is 22.3 Å². The third-order valence-electron chi connectivity index (χ3n) is 3.01.